The van der Waals surface area contributed by atoms with Gasteiger partial charge in [0.05, 0.1) is 11.7 Å². The van der Waals surface area contributed by atoms with Crippen molar-refractivity contribution in [2.75, 3.05) is 13.1 Å². The van der Waals surface area contributed by atoms with E-state index < -0.39 is 0 Å². The van der Waals surface area contributed by atoms with Crippen LogP contribution in [0.1, 0.15) is 44.6 Å². The summed E-state index contributed by atoms with van der Waals surface area (Å²) in [5.74, 6) is -0.0680. The lowest BCUT2D eigenvalue weighted by atomic mass is 10.1. The van der Waals surface area contributed by atoms with Crippen molar-refractivity contribution in [3.8, 4) is 0 Å². The monoisotopic (exact) mass is 345 g/mol. The molecular formula is C19H27N3O3. The highest BCUT2D eigenvalue weighted by Gasteiger charge is 2.24. The van der Waals surface area contributed by atoms with E-state index in [0.29, 0.717) is 12.0 Å². The summed E-state index contributed by atoms with van der Waals surface area (Å²) >= 11 is 0. The molecule has 1 aliphatic rings. The van der Waals surface area contributed by atoms with Crippen molar-refractivity contribution in [2.24, 2.45) is 7.05 Å². The number of amides is 1. The molecule has 1 unspecified atom stereocenters. The van der Waals surface area contributed by atoms with Crippen LogP contribution < -0.4 is 11.1 Å². The number of hydrogen-bond acceptors (Lipinski definition) is 4. The number of fused-ring (bicyclic) bond motifs is 1. The first-order valence-electron chi connectivity index (χ1n) is 9.21. The van der Waals surface area contributed by atoms with E-state index in [0.717, 1.165) is 56.3 Å². The van der Waals surface area contributed by atoms with E-state index >= 15 is 0 Å². The molecule has 136 valence electrons. The van der Waals surface area contributed by atoms with Gasteiger partial charge in [0.2, 0.25) is 5.91 Å². The Morgan fingerprint density at radius 3 is 2.88 bits per heavy atom. The first-order valence-corrected chi connectivity index (χ1v) is 9.21. The lowest BCUT2D eigenvalue weighted by molar-refractivity contribution is -0.136. The molecule has 0 radical (unpaired) electrons. The fourth-order valence-electron chi connectivity index (χ4n) is 3.51. The van der Waals surface area contributed by atoms with E-state index in [9.17, 15) is 9.59 Å². The molecule has 1 saturated heterocycles. The molecule has 0 bridgehead atoms. The van der Waals surface area contributed by atoms with Crippen LogP contribution in [0, 0.1) is 0 Å². The minimum Gasteiger partial charge on any atom is -0.408 e. The van der Waals surface area contributed by atoms with Crippen molar-refractivity contribution in [2.45, 2.75) is 51.6 Å². The molecule has 1 aromatic carbocycles. The second-order valence-electron chi connectivity index (χ2n) is 6.78. The van der Waals surface area contributed by atoms with Gasteiger partial charge in [-0.05, 0) is 43.4 Å². The van der Waals surface area contributed by atoms with Crippen molar-refractivity contribution in [1.29, 1.82) is 0 Å². The van der Waals surface area contributed by atoms with Crippen LogP contribution in [0.2, 0.25) is 0 Å². The summed E-state index contributed by atoms with van der Waals surface area (Å²) in [6, 6.07) is 5.88. The van der Waals surface area contributed by atoms with Gasteiger partial charge < -0.3 is 9.32 Å². The predicted octanol–water partition coefficient (Wildman–Crippen LogP) is 2.40. The molecule has 0 saturated carbocycles. The van der Waals surface area contributed by atoms with E-state index in [1.54, 1.807) is 7.05 Å². The van der Waals surface area contributed by atoms with Crippen LogP contribution in [-0.4, -0.2) is 34.6 Å². The van der Waals surface area contributed by atoms with E-state index in [2.05, 4.69) is 12.2 Å². The van der Waals surface area contributed by atoms with Crippen molar-refractivity contribution < 1.29 is 9.21 Å². The normalized spacial score (nSPS) is 16.6. The Bertz CT molecular complexity index is 793. The smallest absolute Gasteiger partial charge is 0.408 e. The average Bonchev–Trinajstić information content (AvgIpc) is 2.88. The second kappa shape index (κ2) is 7.87. The molecule has 1 aliphatic heterocycles. The minimum absolute atomic E-state index is 0.121. The summed E-state index contributed by atoms with van der Waals surface area (Å²) in [5.41, 5.74) is 2.56. The zero-order valence-corrected chi connectivity index (χ0v) is 15.1. The van der Waals surface area contributed by atoms with E-state index in [-0.39, 0.29) is 17.8 Å². The number of carbonyl (C=O) groups excluding carboxylic acids is 1. The van der Waals surface area contributed by atoms with Gasteiger partial charge in [0, 0.05) is 26.6 Å². The zero-order chi connectivity index (χ0) is 17.8. The second-order valence-corrected chi connectivity index (χ2v) is 6.78. The van der Waals surface area contributed by atoms with Crippen molar-refractivity contribution in [3.63, 3.8) is 0 Å². The largest absolute Gasteiger partial charge is 0.419 e. The Morgan fingerprint density at radius 2 is 2.12 bits per heavy atom. The van der Waals surface area contributed by atoms with Crippen LogP contribution in [0.25, 0.3) is 11.1 Å². The third-order valence-corrected chi connectivity index (χ3v) is 4.95. The molecule has 3 rings (SSSR count). The quantitative estimate of drug-likeness (QED) is 0.837. The molecule has 1 N–H and O–H groups in total. The average molecular weight is 345 g/mol. The molecule has 1 aromatic heterocycles. The van der Waals surface area contributed by atoms with Crippen LogP contribution in [0.5, 0.6) is 0 Å². The van der Waals surface area contributed by atoms with Gasteiger partial charge in [-0.1, -0.05) is 19.4 Å². The summed E-state index contributed by atoms with van der Waals surface area (Å²) in [6.07, 6.45) is 5.74. The fraction of sp³-hybridized carbons (Fsp3) is 0.579. The number of aryl methyl sites for hydroxylation is 1. The van der Waals surface area contributed by atoms with Gasteiger partial charge in [-0.2, -0.15) is 0 Å². The number of rotatable bonds is 7. The highest BCUT2D eigenvalue weighted by molar-refractivity contribution is 5.77. The number of carbonyl (C=O) groups is 1. The summed E-state index contributed by atoms with van der Waals surface area (Å²) in [4.78, 5) is 25.7. The molecule has 1 amide bonds. The van der Waals surface area contributed by atoms with Crippen LogP contribution in [-0.2, 0) is 18.3 Å². The maximum atomic E-state index is 12.2. The molecular weight excluding hydrogens is 318 g/mol. The van der Waals surface area contributed by atoms with Gasteiger partial charge in [-0.25, -0.2) is 4.79 Å². The molecule has 2 aromatic rings. The standard InChI is InChI=1S/C19H27N3O3/c1-3-6-17(22-12-5-4-7-18(22)23)20-11-10-14-8-9-15-16(13-14)25-19(24)21(15)2/h8-9,13,17,20H,3-7,10-12H2,1-2H3. The lowest BCUT2D eigenvalue weighted by Gasteiger charge is -2.35. The maximum Gasteiger partial charge on any atom is 0.419 e. The van der Waals surface area contributed by atoms with Gasteiger partial charge in [0.1, 0.15) is 0 Å². The highest BCUT2D eigenvalue weighted by atomic mass is 16.4. The van der Waals surface area contributed by atoms with Crippen LogP contribution in [0.3, 0.4) is 0 Å². The minimum atomic E-state index is -0.336. The Morgan fingerprint density at radius 1 is 1.28 bits per heavy atom. The molecule has 6 heteroatoms. The third-order valence-electron chi connectivity index (χ3n) is 4.95. The van der Waals surface area contributed by atoms with E-state index in [1.807, 2.05) is 23.1 Å². The van der Waals surface area contributed by atoms with Crippen molar-refractivity contribution in [1.82, 2.24) is 14.8 Å². The van der Waals surface area contributed by atoms with Gasteiger partial charge in [-0.15, -0.1) is 0 Å². The topological polar surface area (TPSA) is 67.5 Å². The van der Waals surface area contributed by atoms with Gasteiger partial charge >= 0.3 is 5.76 Å². The van der Waals surface area contributed by atoms with Crippen LogP contribution in [0.4, 0.5) is 0 Å². The molecule has 1 atom stereocenters. The number of hydrogen-bond donors (Lipinski definition) is 1. The lowest BCUT2D eigenvalue weighted by Crippen LogP contribution is -2.51. The molecule has 0 spiro atoms. The molecule has 2 heterocycles. The number of nitrogens with one attached hydrogen (secondary N) is 1. The third kappa shape index (κ3) is 3.95. The van der Waals surface area contributed by atoms with Crippen LogP contribution in [0.15, 0.2) is 27.4 Å². The highest BCUT2D eigenvalue weighted by Crippen LogP contribution is 2.17. The summed E-state index contributed by atoms with van der Waals surface area (Å²) < 4.78 is 6.76. The fourth-order valence-corrected chi connectivity index (χ4v) is 3.51. The Labute approximate surface area is 147 Å². The van der Waals surface area contributed by atoms with E-state index in [4.69, 9.17) is 4.42 Å². The Kier molecular flexibility index (Phi) is 5.58. The molecule has 1 fully saturated rings. The van der Waals surface area contributed by atoms with Gasteiger partial charge in [0.25, 0.3) is 0 Å². The Hall–Kier alpha value is -2.08. The summed E-state index contributed by atoms with van der Waals surface area (Å²) in [6.45, 7) is 3.79. The number of nitrogens with zero attached hydrogens (tertiary/aromatic N) is 2. The Balaban J connectivity index is 1.61. The van der Waals surface area contributed by atoms with Crippen molar-refractivity contribution in [3.05, 3.63) is 34.3 Å². The number of likely N-dealkylation sites (tertiary alicyclic amines) is 1. The summed E-state index contributed by atoms with van der Waals surface area (Å²) in [7, 11) is 1.71. The predicted molar refractivity (Wildman–Crippen MR) is 97.4 cm³/mol. The number of piperidine rings is 1. The first-order chi connectivity index (χ1) is 12.1. The molecule has 25 heavy (non-hydrogen) atoms. The van der Waals surface area contributed by atoms with Crippen molar-refractivity contribution >= 4 is 17.0 Å². The SMILES string of the molecule is CCCC(NCCc1ccc2c(c1)oc(=O)n2C)N1CCCCC1=O. The zero-order valence-electron chi connectivity index (χ0n) is 15.1. The number of oxazole rings is 1. The maximum absolute atomic E-state index is 12.2. The molecule has 0 aliphatic carbocycles. The van der Waals surface area contributed by atoms with E-state index in [1.165, 1.54) is 4.57 Å². The van der Waals surface area contributed by atoms with Gasteiger partial charge in [-0.3, -0.25) is 14.7 Å². The number of aromatic nitrogens is 1. The number of benzene rings is 1. The first kappa shape index (κ1) is 17.7. The van der Waals surface area contributed by atoms with Crippen LogP contribution >= 0.6 is 0 Å². The molecule has 6 nitrogen and oxygen atoms in total. The summed E-state index contributed by atoms with van der Waals surface area (Å²) in [5, 5.41) is 3.54. The van der Waals surface area contributed by atoms with Gasteiger partial charge in [0.15, 0.2) is 5.58 Å².